The van der Waals surface area contributed by atoms with Crippen molar-refractivity contribution in [3.05, 3.63) is 51.6 Å². The molecule has 1 amide bonds. The first kappa shape index (κ1) is 20.5. The lowest BCUT2D eigenvalue weighted by molar-refractivity contribution is -0.0436. The maximum absolute atomic E-state index is 12.8. The lowest BCUT2D eigenvalue weighted by Crippen LogP contribution is -2.23. The molecule has 0 aromatic heterocycles. The Morgan fingerprint density at radius 1 is 1.12 bits per heavy atom. The average Bonchev–Trinajstić information content (AvgIpc) is 2.55. The lowest BCUT2D eigenvalue weighted by atomic mass is 10.2. The van der Waals surface area contributed by atoms with E-state index >= 15 is 0 Å². The highest BCUT2D eigenvalue weighted by atomic mass is 127. The van der Waals surface area contributed by atoms with Gasteiger partial charge in [-0.3, -0.25) is 4.79 Å². The summed E-state index contributed by atoms with van der Waals surface area (Å²) < 4.78 is 62.4. The van der Waals surface area contributed by atoms with Crippen LogP contribution in [0.5, 0.6) is 0 Å². The zero-order valence-corrected chi connectivity index (χ0v) is 16.4. The fourth-order valence-electron chi connectivity index (χ4n) is 2.10. The summed E-state index contributed by atoms with van der Waals surface area (Å²) in [6.07, 6.45) is 0. The minimum atomic E-state index is -5.52. The minimum absolute atomic E-state index is 0.0546. The quantitative estimate of drug-likeness (QED) is 0.605. The van der Waals surface area contributed by atoms with E-state index in [0.717, 1.165) is 15.7 Å². The van der Waals surface area contributed by atoms with Gasteiger partial charge in [0.1, 0.15) is 0 Å². The van der Waals surface area contributed by atoms with E-state index in [1.165, 1.54) is 6.07 Å². The maximum Gasteiger partial charge on any atom is 0.501 e. The first-order valence-corrected chi connectivity index (χ1v) is 9.88. The number of anilines is 2. The summed E-state index contributed by atoms with van der Waals surface area (Å²) in [4.78, 5) is 11.4. The van der Waals surface area contributed by atoms with Crippen molar-refractivity contribution in [1.29, 1.82) is 0 Å². The maximum atomic E-state index is 12.8. The van der Waals surface area contributed by atoms with Crippen LogP contribution < -0.4 is 10.6 Å². The highest BCUT2D eigenvalue weighted by molar-refractivity contribution is 14.1. The van der Waals surface area contributed by atoms with Crippen LogP contribution in [0.1, 0.15) is 17.3 Å². The molecule has 0 radical (unpaired) electrons. The second kappa shape index (κ2) is 7.82. The number of hydrogen-bond acceptors (Lipinski definition) is 4. The van der Waals surface area contributed by atoms with Gasteiger partial charge in [0.25, 0.3) is 15.7 Å². The summed E-state index contributed by atoms with van der Waals surface area (Å²) in [5, 5.41) is 5.34. The monoisotopic (exact) mass is 498 g/mol. The Labute approximate surface area is 162 Å². The molecule has 0 aliphatic rings. The predicted octanol–water partition coefficient (Wildman–Crippen LogP) is 4.27. The SMILES string of the molecule is CCNc1ccc(S(=O)(=O)C(F)(F)F)cc1NC(=O)c1cccc(I)c1. The standard InChI is InChI=1S/C16H14F3IN2O3S/c1-2-21-13-7-6-12(26(24,25)16(17,18)19)9-14(13)22-15(23)10-4-3-5-11(20)8-10/h3-9,21H,2H2,1H3,(H,22,23). The molecule has 2 aromatic rings. The van der Waals surface area contributed by atoms with Gasteiger partial charge in [-0.05, 0) is 65.9 Å². The van der Waals surface area contributed by atoms with Crippen molar-refractivity contribution < 1.29 is 26.4 Å². The number of amides is 1. The fourth-order valence-corrected chi connectivity index (χ4v) is 3.43. The van der Waals surface area contributed by atoms with Crippen LogP contribution in [0.2, 0.25) is 0 Å². The van der Waals surface area contributed by atoms with E-state index in [-0.39, 0.29) is 5.69 Å². The van der Waals surface area contributed by atoms with Gasteiger partial charge in [-0.15, -0.1) is 0 Å². The Morgan fingerprint density at radius 2 is 1.81 bits per heavy atom. The lowest BCUT2D eigenvalue weighted by Gasteiger charge is -2.15. The number of rotatable bonds is 5. The normalized spacial score (nSPS) is 11.9. The number of nitrogens with one attached hydrogen (secondary N) is 2. The van der Waals surface area contributed by atoms with E-state index < -0.39 is 26.1 Å². The molecule has 26 heavy (non-hydrogen) atoms. The van der Waals surface area contributed by atoms with Crippen molar-refractivity contribution >= 4 is 49.7 Å². The zero-order chi connectivity index (χ0) is 19.5. The Hall–Kier alpha value is -1.82. The van der Waals surface area contributed by atoms with Gasteiger partial charge in [0.2, 0.25) is 0 Å². The molecule has 2 rings (SSSR count). The third-order valence-electron chi connectivity index (χ3n) is 3.31. The minimum Gasteiger partial charge on any atom is -0.384 e. The van der Waals surface area contributed by atoms with Crippen molar-refractivity contribution in [3.63, 3.8) is 0 Å². The second-order valence-corrected chi connectivity index (χ2v) is 8.34. The van der Waals surface area contributed by atoms with Gasteiger partial charge >= 0.3 is 5.51 Å². The van der Waals surface area contributed by atoms with Gasteiger partial charge in [0.15, 0.2) is 0 Å². The van der Waals surface area contributed by atoms with Crippen molar-refractivity contribution in [2.45, 2.75) is 17.3 Å². The predicted molar refractivity (Wildman–Crippen MR) is 101 cm³/mol. The average molecular weight is 498 g/mol. The fraction of sp³-hybridized carbons (Fsp3) is 0.188. The highest BCUT2D eigenvalue weighted by Crippen LogP contribution is 2.34. The summed E-state index contributed by atoms with van der Waals surface area (Å²) in [6.45, 7) is 2.18. The van der Waals surface area contributed by atoms with Crippen molar-refractivity contribution in [1.82, 2.24) is 0 Å². The topological polar surface area (TPSA) is 75.3 Å². The summed E-state index contributed by atoms with van der Waals surface area (Å²) in [5.41, 5.74) is -4.87. The van der Waals surface area contributed by atoms with Crippen molar-refractivity contribution in [3.8, 4) is 0 Å². The molecule has 2 aromatic carbocycles. The first-order chi connectivity index (χ1) is 12.1. The summed E-state index contributed by atoms with van der Waals surface area (Å²) in [5.74, 6) is -0.566. The van der Waals surface area contributed by atoms with E-state index in [4.69, 9.17) is 0 Å². The smallest absolute Gasteiger partial charge is 0.384 e. The molecule has 0 heterocycles. The van der Waals surface area contributed by atoms with Crippen LogP contribution in [0.4, 0.5) is 24.5 Å². The van der Waals surface area contributed by atoms with Gasteiger partial charge < -0.3 is 10.6 Å². The molecule has 0 aliphatic carbocycles. The van der Waals surface area contributed by atoms with Gasteiger partial charge in [-0.1, -0.05) is 6.07 Å². The molecular weight excluding hydrogens is 484 g/mol. The number of sulfone groups is 1. The molecular formula is C16H14F3IN2O3S. The number of alkyl halides is 3. The van der Waals surface area contributed by atoms with Crippen molar-refractivity contribution in [2.75, 3.05) is 17.2 Å². The third kappa shape index (κ3) is 4.47. The molecule has 0 saturated carbocycles. The molecule has 0 bridgehead atoms. The van der Waals surface area contributed by atoms with E-state index in [2.05, 4.69) is 10.6 Å². The van der Waals surface area contributed by atoms with E-state index in [1.807, 2.05) is 22.6 Å². The van der Waals surface area contributed by atoms with Crippen LogP contribution in [0, 0.1) is 3.57 Å². The Morgan fingerprint density at radius 3 is 2.38 bits per heavy atom. The Balaban J connectivity index is 2.45. The summed E-state index contributed by atoms with van der Waals surface area (Å²) >= 11 is 2.02. The van der Waals surface area contributed by atoms with E-state index in [9.17, 15) is 26.4 Å². The summed E-state index contributed by atoms with van der Waals surface area (Å²) in [7, 11) is -5.52. The second-order valence-electron chi connectivity index (χ2n) is 5.15. The Bertz CT molecular complexity index is 931. The summed E-state index contributed by atoms with van der Waals surface area (Å²) in [6, 6.07) is 9.41. The molecule has 0 unspecified atom stereocenters. The molecule has 10 heteroatoms. The number of carbonyl (C=O) groups excluding carboxylic acids is 1. The number of halogens is 4. The molecule has 0 aliphatic heterocycles. The number of carbonyl (C=O) groups is 1. The highest BCUT2D eigenvalue weighted by Gasteiger charge is 2.47. The molecule has 0 atom stereocenters. The van der Waals surface area contributed by atoms with Gasteiger partial charge in [0, 0.05) is 15.7 Å². The van der Waals surface area contributed by atoms with Crippen LogP contribution in [0.15, 0.2) is 47.4 Å². The van der Waals surface area contributed by atoms with Crippen molar-refractivity contribution in [2.24, 2.45) is 0 Å². The molecule has 0 fully saturated rings. The van der Waals surface area contributed by atoms with Crippen LogP contribution in [0.25, 0.3) is 0 Å². The molecule has 5 nitrogen and oxygen atoms in total. The molecule has 140 valence electrons. The molecule has 2 N–H and O–H groups in total. The van der Waals surface area contributed by atoms with Crippen LogP contribution >= 0.6 is 22.6 Å². The molecule has 0 spiro atoms. The van der Waals surface area contributed by atoms with Gasteiger partial charge in [0.05, 0.1) is 16.3 Å². The van der Waals surface area contributed by atoms with Gasteiger partial charge in [-0.25, -0.2) is 8.42 Å². The van der Waals surface area contributed by atoms with Crippen LogP contribution in [-0.4, -0.2) is 26.4 Å². The number of benzene rings is 2. The zero-order valence-electron chi connectivity index (χ0n) is 13.4. The third-order valence-corrected chi connectivity index (χ3v) is 5.46. The Kier molecular flexibility index (Phi) is 6.17. The van der Waals surface area contributed by atoms with Crippen LogP contribution in [-0.2, 0) is 9.84 Å². The van der Waals surface area contributed by atoms with E-state index in [0.29, 0.717) is 17.8 Å². The largest absolute Gasteiger partial charge is 0.501 e. The first-order valence-electron chi connectivity index (χ1n) is 7.32. The van der Waals surface area contributed by atoms with E-state index in [1.54, 1.807) is 31.2 Å². The number of hydrogen-bond donors (Lipinski definition) is 2. The van der Waals surface area contributed by atoms with Crippen LogP contribution in [0.3, 0.4) is 0 Å². The molecule has 0 saturated heterocycles. The van der Waals surface area contributed by atoms with Gasteiger partial charge in [-0.2, -0.15) is 13.2 Å².